The van der Waals surface area contributed by atoms with E-state index in [0.29, 0.717) is 44.2 Å². The maximum Gasteiger partial charge on any atom is 0.243 e. The number of carbonyl (C=O) groups is 1. The molecule has 0 spiro atoms. The number of likely N-dealkylation sites (N-methyl/N-ethyl adjacent to an activating group) is 1. The van der Waals surface area contributed by atoms with Gasteiger partial charge in [-0.25, -0.2) is 8.42 Å². The number of aryl methyl sites for hydroxylation is 2. The maximum atomic E-state index is 13.2. The zero-order valence-corrected chi connectivity index (χ0v) is 18.2. The Morgan fingerprint density at radius 1 is 1.07 bits per heavy atom. The number of rotatable bonds is 5. The third kappa shape index (κ3) is 5.09. The van der Waals surface area contributed by atoms with Crippen molar-refractivity contribution >= 4 is 15.9 Å². The fraction of sp³-hybridized carbons (Fsp3) is 0.650. The summed E-state index contributed by atoms with van der Waals surface area (Å²) in [5.74, 6) is -0.0155. The van der Waals surface area contributed by atoms with Gasteiger partial charge in [0.2, 0.25) is 15.9 Å². The standard InChI is InChI=1S/C20H33N3O3S/c1-7-21-18(24)14-22-8-10-23(11-9-22)27(25,26)19-15(2)12-17(13-16(19)3)20(4,5)6/h12-13H,7-11,14H2,1-6H3,(H,21,24). The molecule has 1 fully saturated rings. The van der Waals surface area contributed by atoms with Crippen LogP contribution >= 0.6 is 0 Å². The summed E-state index contributed by atoms with van der Waals surface area (Å²) in [7, 11) is -3.54. The lowest BCUT2D eigenvalue weighted by Crippen LogP contribution is -2.51. The normalized spacial score (nSPS) is 17.1. The minimum absolute atomic E-state index is 0.0155. The van der Waals surface area contributed by atoms with Crippen LogP contribution in [0.4, 0.5) is 0 Å². The van der Waals surface area contributed by atoms with E-state index in [1.165, 1.54) is 0 Å². The number of carbonyl (C=O) groups excluding carboxylic acids is 1. The van der Waals surface area contributed by atoms with Crippen molar-refractivity contribution < 1.29 is 13.2 Å². The van der Waals surface area contributed by atoms with E-state index in [2.05, 4.69) is 26.1 Å². The molecule has 1 aliphatic heterocycles. The van der Waals surface area contributed by atoms with Gasteiger partial charge in [0.25, 0.3) is 0 Å². The molecule has 27 heavy (non-hydrogen) atoms. The molecule has 0 atom stereocenters. The molecule has 0 unspecified atom stereocenters. The lowest BCUT2D eigenvalue weighted by molar-refractivity contribution is -0.122. The van der Waals surface area contributed by atoms with E-state index in [4.69, 9.17) is 0 Å². The van der Waals surface area contributed by atoms with Crippen molar-refractivity contribution in [3.05, 3.63) is 28.8 Å². The van der Waals surface area contributed by atoms with Crippen molar-refractivity contribution in [2.75, 3.05) is 39.3 Å². The Kier molecular flexibility index (Phi) is 6.71. The molecule has 0 aromatic heterocycles. The molecule has 1 N–H and O–H groups in total. The number of hydrogen-bond donors (Lipinski definition) is 1. The molecule has 1 saturated heterocycles. The van der Waals surface area contributed by atoms with Crippen molar-refractivity contribution in [3.63, 3.8) is 0 Å². The molecule has 1 amide bonds. The Bertz CT molecular complexity index is 766. The molecular formula is C20H33N3O3S. The van der Waals surface area contributed by atoms with Gasteiger partial charge in [-0.3, -0.25) is 9.69 Å². The van der Waals surface area contributed by atoms with Gasteiger partial charge in [-0.15, -0.1) is 0 Å². The topological polar surface area (TPSA) is 69.7 Å². The highest BCUT2D eigenvalue weighted by molar-refractivity contribution is 7.89. The second kappa shape index (κ2) is 8.29. The number of hydrogen-bond acceptors (Lipinski definition) is 4. The van der Waals surface area contributed by atoms with Crippen molar-refractivity contribution in [1.29, 1.82) is 0 Å². The van der Waals surface area contributed by atoms with Gasteiger partial charge in [-0.1, -0.05) is 32.9 Å². The second-order valence-electron chi connectivity index (χ2n) is 8.32. The Morgan fingerprint density at radius 2 is 1.59 bits per heavy atom. The van der Waals surface area contributed by atoms with E-state index < -0.39 is 10.0 Å². The average molecular weight is 396 g/mol. The predicted octanol–water partition coefficient (Wildman–Crippen LogP) is 2.04. The number of amides is 1. The highest BCUT2D eigenvalue weighted by Gasteiger charge is 2.32. The van der Waals surface area contributed by atoms with Crippen LogP contribution in [0.3, 0.4) is 0 Å². The first-order valence-electron chi connectivity index (χ1n) is 9.57. The molecule has 1 aromatic carbocycles. The number of sulfonamides is 1. The summed E-state index contributed by atoms with van der Waals surface area (Å²) >= 11 is 0. The first-order chi connectivity index (χ1) is 12.5. The van der Waals surface area contributed by atoms with Crippen LogP contribution in [0.15, 0.2) is 17.0 Å². The average Bonchev–Trinajstić information content (AvgIpc) is 2.53. The van der Waals surface area contributed by atoms with Gasteiger partial charge in [0, 0.05) is 32.7 Å². The van der Waals surface area contributed by atoms with Crippen molar-refractivity contribution in [1.82, 2.24) is 14.5 Å². The van der Waals surface area contributed by atoms with Gasteiger partial charge in [-0.2, -0.15) is 4.31 Å². The summed E-state index contributed by atoms with van der Waals surface area (Å²) in [6, 6.07) is 3.98. The summed E-state index contributed by atoms with van der Waals surface area (Å²) in [4.78, 5) is 14.2. The van der Waals surface area contributed by atoms with Crippen LogP contribution in [0.25, 0.3) is 0 Å². The highest BCUT2D eigenvalue weighted by atomic mass is 32.2. The van der Waals surface area contributed by atoms with Gasteiger partial charge in [-0.05, 0) is 42.9 Å². The molecule has 6 nitrogen and oxygen atoms in total. The van der Waals surface area contributed by atoms with Crippen molar-refractivity contribution in [3.8, 4) is 0 Å². The van der Waals surface area contributed by atoms with Crippen LogP contribution in [0.1, 0.15) is 44.4 Å². The van der Waals surface area contributed by atoms with Crippen LogP contribution < -0.4 is 5.32 Å². The molecule has 1 aliphatic rings. The van der Waals surface area contributed by atoms with Gasteiger partial charge in [0.05, 0.1) is 11.4 Å². The van der Waals surface area contributed by atoms with E-state index in [9.17, 15) is 13.2 Å². The Hall–Kier alpha value is -1.44. The van der Waals surface area contributed by atoms with Crippen molar-refractivity contribution in [2.24, 2.45) is 0 Å². The molecule has 0 radical (unpaired) electrons. The molecule has 1 aromatic rings. The molecular weight excluding hydrogens is 362 g/mol. The van der Waals surface area contributed by atoms with Gasteiger partial charge in [0.1, 0.15) is 0 Å². The van der Waals surface area contributed by atoms with E-state index in [-0.39, 0.29) is 11.3 Å². The van der Waals surface area contributed by atoms with E-state index in [0.717, 1.165) is 16.7 Å². The summed E-state index contributed by atoms with van der Waals surface area (Å²) in [6.07, 6.45) is 0. The molecule has 7 heteroatoms. The van der Waals surface area contributed by atoms with Crippen LogP contribution in [0.2, 0.25) is 0 Å². The maximum absolute atomic E-state index is 13.2. The second-order valence-corrected chi connectivity index (χ2v) is 10.2. The number of benzene rings is 1. The lowest BCUT2D eigenvalue weighted by atomic mass is 9.85. The molecule has 152 valence electrons. The molecule has 0 saturated carbocycles. The van der Waals surface area contributed by atoms with Crippen LogP contribution in [-0.4, -0.2) is 62.8 Å². The lowest BCUT2D eigenvalue weighted by Gasteiger charge is -2.34. The zero-order chi connectivity index (χ0) is 20.4. The van der Waals surface area contributed by atoms with Crippen LogP contribution in [0, 0.1) is 13.8 Å². The quantitative estimate of drug-likeness (QED) is 0.828. The minimum atomic E-state index is -3.54. The summed E-state index contributed by atoms with van der Waals surface area (Å²) in [5, 5.41) is 2.78. The van der Waals surface area contributed by atoms with E-state index >= 15 is 0 Å². The zero-order valence-electron chi connectivity index (χ0n) is 17.4. The first kappa shape index (κ1) is 21.9. The Labute approximate surface area is 164 Å². The summed E-state index contributed by atoms with van der Waals surface area (Å²) in [6.45, 7) is 14.9. The smallest absolute Gasteiger partial charge is 0.243 e. The number of nitrogens with one attached hydrogen (secondary N) is 1. The predicted molar refractivity (Wildman–Crippen MR) is 108 cm³/mol. The molecule has 0 aliphatic carbocycles. The third-order valence-corrected chi connectivity index (χ3v) is 7.20. The minimum Gasteiger partial charge on any atom is -0.355 e. The van der Waals surface area contributed by atoms with Crippen LogP contribution in [0.5, 0.6) is 0 Å². The van der Waals surface area contributed by atoms with Gasteiger partial charge < -0.3 is 5.32 Å². The summed E-state index contributed by atoms with van der Waals surface area (Å²) < 4.78 is 28.0. The van der Waals surface area contributed by atoms with Gasteiger partial charge in [0.15, 0.2) is 0 Å². The molecule has 0 bridgehead atoms. The number of piperazine rings is 1. The fourth-order valence-electron chi connectivity index (χ4n) is 3.50. The SMILES string of the molecule is CCNC(=O)CN1CCN(S(=O)(=O)c2c(C)cc(C(C)(C)C)cc2C)CC1. The monoisotopic (exact) mass is 395 g/mol. The largest absolute Gasteiger partial charge is 0.355 e. The Morgan fingerprint density at radius 3 is 2.04 bits per heavy atom. The first-order valence-corrected chi connectivity index (χ1v) is 11.0. The third-order valence-electron chi connectivity index (χ3n) is 5.00. The Balaban J connectivity index is 2.17. The summed E-state index contributed by atoms with van der Waals surface area (Å²) in [5.41, 5.74) is 2.71. The van der Waals surface area contributed by atoms with Gasteiger partial charge >= 0.3 is 0 Å². The fourth-order valence-corrected chi connectivity index (χ4v) is 5.34. The van der Waals surface area contributed by atoms with E-state index in [1.54, 1.807) is 4.31 Å². The van der Waals surface area contributed by atoms with Crippen molar-refractivity contribution in [2.45, 2.75) is 51.9 Å². The van der Waals surface area contributed by atoms with Crippen LogP contribution in [-0.2, 0) is 20.2 Å². The molecule has 2 rings (SSSR count). The highest BCUT2D eigenvalue weighted by Crippen LogP contribution is 2.31. The van der Waals surface area contributed by atoms with E-state index in [1.807, 2.05) is 37.8 Å². The molecule has 1 heterocycles. The number of nitrogens with zero attached hydrogens (tertiary/aromatic N) is 2.